The van der Waals surface area contributed by atoms with E-state index in [4.69, 9.17) is 0 Å². The second kappa shape index (κ2) is 7.75. The van der Waals surface area contributed by atoms with Crippen molar-refractivity contribution in [2.75, 3.05) is 11.1 Å². The number of rotatable bonds is 5. The van der Waals surface area contributed by atoms with Crippen molar-refractivity contribution < 1.29 is 4.79 Å². The third-order valence-electron chi connectivity index (χ3n) is 3.27. The van der Waals surface area contributed by atoms with E-state index in [-0.39, 0.29) is 11.7 Å². The van der Waals surface area contributed by atoms with Gasteiger partial charge in [0.15, 0.2) is 0 Å². The lowest BCUT2D eigenvalue weighted by molar-refractivity contribution is -0.113. The SMILES string of the molecule is CCc1ccc(NC(=O)CSc2nc(C)nc(C)c2C#N)cc1. The molecule has 0 saturated heterocycles. The Balaban J connectivity index is 2.00. The minimum atomic E-state index is -0.128. The molecule has 2 aromatic rings. The number of nitrogens with one attached hydrogen (secondary N) is 1. The number of amides is 1. The number of hydrogen-bond acceptors (Lipinski definition) is 5. The second-order valence-corrected chi connectivity index (χ2v) is 6.00. The lowest BCUT2D eigenvalue weighted by Gasteiger charge is -2.08. The molecule has 6 heteroatoms. The molecule has 1 N–H and O–H groups in total. The van der Waals surface area contributed by atoms with Crippen molar-refractivity contribution in [2.24, 2.45) is 0 Å². The third kappa shape index (κ3) is 4.54. The lowest BCUT2D eigenvalue weighted by Crippen LogP contribution is -2.14. The van der Waals surface area contributed by atoms with E-state index < -0.39 is 0 Å². The number of nitriles is 1. The number of anilines is 1. The van der Waals surface area contributed by atoms with Crippen LogP contribution < -0.4 is 5.32 Å². The summed E-state index contributed by atoms with van der Waals surface area (Å²) in [6.07, 6.45) is 0.966. The Bertz CT molecular complexity index is 750. The molecule has 0 unspecified atom stereocenters. The van der Waals surface area contributed by atoms with E-state index in [0.29, 0.717) is 22.1 Å². The van der Waals surface area contributed by atoms with Crippen molar-refractivity contribution in [1.29, 1.82) is 5.26 Å². The van der Waals surface area contributed by atoms with Gasteiger partial charge in [-0.1, -0.05) is 30.8 Å². The van der Waals surface area contributed by atoms with E-state index >= 15 is 0 Å². The van der Waals surface area contributed by atoms with Gasteiger partial charge >= 0.3 is 0 Å². The number of carbonyl (C=O) groups is 1. The lowest BCUT2D eigenvalue weighted by atomic mass is 10.1. The fourth-order valence-corrected chi connectivity index (χ4v) is 2.94. The van der Waals surface area contributed by atoms with E-state index in [2.05, 4.69) is 28.3 Å². The first-order valence-electron chi connectivity index (χ1n) is 7.30. The summed E-state index contributed by atoms with van der Waals surface area (Å²) in [5.41, 5.74) is 3.06. The van der Waals surface area contributed by atoms with Crippen molar-refractivity contribution in [3.63, 3.8) is 0 Å². The van der Waals surface area contributed by atoms with Gasteiger partial charge in [-0.2, -0.15) is 5.26 Å². The minimum Gasteiger partial charge on any atom is -0.325 e. The largest absolute Gasteiger partial charge is 0.325 e. The highest BCUT2D eigenvalue weighted by molar-refractivity contribution is 8.00. The highest BCUT2D eigenvalue weighted by atomic mass is 32.2. The Labute approximate surface area is 140 Å². The first kappa shape index (κ1) is 17.0. The van der Waals surface area contributed by atoms with Gasteiger partial charge in [0.25, 0.3) is 0 Å². The molecular formula is C17H18N4OS. The summed E-state index contributed by atoms with van der Waals surface area (Å²) in [4.78, 5) is 20.5. The topological polar surface area (TPSA) is 78.7 Å². The van der Waals surface area contributed by atoms with Gasteiger partial charge in [-0.3, -0.25) is 4.79 Å². The zero-order valence-electron chi connectivity index (χ0n) is 13.4. The molecule has 0 aliphatic rings. The molecule has 23 heavy (non-hydrogen) atoms. The molecule has 1 amide bonds. The number of nitrogens with zero attached hydrogens (tertiary/aromatic N) is 3. The van der Waals surface area contributed by atoms with Crippen LogP contribution in [0.4, 0.5) is 5.69 Å². The van der Waals surface area contributed by atoms with Crippen LogP contribution in [-0.4, -0.2) is 21.6 Å². The van der Waals surface area contributed by atoms with Crippen LogP contribution in [0, 0.1) is 25.2 Å². The summed E-state index contributed by atoms with van der Waals surface area (Å²) in [6.45, 7) is 5.63. The average Bonchev–Trinajstić information content (AvgIpc) is 2.53. The van der Waals surface area contributed by atoms with Gasteiger partial charge in [-0.25, -0.2) is 9.97 Å². The zero-order chi connectivity index (χ0) is 16.8. The van der Waals surface area contributed by atoms with Crippen LogP contribution in [0.3, 0.4) is 0 Å². The zero-order valence-corrected chi connectivity index (χ0v) is 14.2. The van der Waals surface area contributed by atoms with Crippen LogP contribution in [0.2, 0.25) is 0 Å². The van der Waals surface area contributed by atoms with E-state index in [1.807, 2.05) is 24.3 Å². The van der Waals surface area contributed by atoms with E-state index in [1.165, 1.54) is 17.3 Å². The third-order valence-corrected chi connectivity index (χ3v) is 4.24. The predicted molar refractivity (Wildman–Crippen MR) is 91.4 cm³/mol. The first-order valence-corrected chi connectivity index (χ1v) is 8.29. The molecule has 1 aromatic carbocycles. The summed E-state index contributed by atoms with van der Waals surface area (Å²) in [6, 6.07) is 9.87. The van der Waals surface area contributed by atoms with Gasteiger partial charge in [0, 0.05) is 5.69 Å². The van der Waals surface area contributed by atoms with Gasteiger partial charge in [-0.05, 0) is 38.0 Å². The van der Waals surface area contributed by atoms with Crippen molar-refractivity contribution >= 4 is 23.4 Å². The number of thioether (sulfide) groups is 1. The van der Waals surface area contributed by atoms with Gasteiger partial charge < -0.3 is 5.32 Å². The summed E-state index contributed by atoms with van der Waals surface area (Å²) in [7, 11) is 0. The van der Waals surface area contributed by atoms with Crippen LogP contribution in [-0.2, 0) is 11.2 Å². The molecule has 1 aromatic heterocycles. The highest BCUT2D eigenvalue weighted by Crippen LogP contribution is 2.22. The molecule has 1 heterocycles. The molecule has 0 aliphatic heterocycles. The van der Waals surface area contributed by atoms with Crippen molar-refractivity contribution in [1.82, 2.24) is 9.97 Å². The van der Waals surface area contributed by atoms with Gasteiger partial charge in [-0.15, -0.1) is 0 Å². The Morgan fingerprint density at radius 2 is 1.96 bits per heavy atom. The molecule has 0 spiro atoms. The van der Waals surface area contributed by atoms with Crippen LogP contribution in [0.5, 0.6) is 0 Å². The summed E-state index contributed by atoms with van der Waals surface area (Å²) in [5, 5.41) is 12.6. The maximum atomic E-state index is 12.1. The number of hydrogen-bond donors (Lipinski definition) is 1. The quantitative estimate of drug-likeness (QED) is 0.674. The van der Waals surface area contributed by atoms with Gasteiger partial charge in [0.1, 0.15) is 22.5 Å². The molecule has 0 bridgehead atoms. The molecule has 0 atom stereocenters. The number of carbonyl (C=O) groups excluding carboxylic acids is 1. The predicted octanol–water partition coefficient (Wildman–Crippen LogP) is 3.26. The highest BCUT2D eigenvalue weighted by Gasteiger charge is 2.12. The summed E-state index contributed by atoms with van der Waals surface area (Å²) < 4.78 is 0. The molecule has 5 nitrogen and oxygen atoms in total. The molecule has 0 radical (unpaired) electrons. The van der Waals surface area contributed by atoms with E-state index in [1.54, 1.807) is 13.8 Å². The molecule has 0 fully saturated rings. The number of benzene rings is 1. The molecule has 0 saturated carbocycles. The summed E-state index contributed by atoms with van der Waals surface area (Å²) in [5.74, 6) is 0.664. The van der Waals surface area contributed by atoms with E-state index in [9.17, 15) is 10.1 Å². The van der Waals surface area contributed by atoms with Crippen LogP contribution in [0.25, 0.3) is 0 Å². The van der Waals surface area contributed by atoms with Gasteiger partial charge in [0.05, 0.1) is 11.4 Å². The summed E-state index contributed by atoms with van der Waals surface area (Å²) >= 11 is 1.25. The maximum absolute atomic E-state index is 12.1. The van der Waals surface area contributed by atoms with Crippen molar-refractivity contribution in [2.45, 2.75) is 32.2 Å². The Hall–Kier alpha value is -2.39. The molecule has 0 aliphatic carbocycles. The van der Waals surface area contributed by atoms with Crippen molar-refractivity contribution in [3.05, 3.63) is 46.9 Å². The fourth-order valence-electron chi connectivity index (χ4n) is 2.07. The Kier molecular flexibility index (Phi) is 5.72. The van der Waals surface area contributed by atoms with Gasteiger partial charge in [0.2, 0.25) is 5.91 Å². The monoisotopic (exact) mass is 326 g/mol. The van der Waals surface area contributed by atoms with Crippen LogP contribution in [0.15, 0.2) is 29.3 Å². The standard InChI is InChI=1S/C17H18N4OS/c1-4-13-5-7-14(8-6-13)21-16(22)10-23-17-15(9-18)11(2)19-12(3)20-17/h5-8H,4,10H2,1-3H3,(H,21,22). The maximum Gasteiger partial charge on any atom is 0.234 e. The second-order valence-electron chi connectivity index (χ2n) is 5.04. The van der Waals surface area contributed by atoms with Crippen LogP contribution in [0.1, 0.15) is 29.6 Å². The normalized spacial score (nSPS) is 10.2. The average molecular weight is 326 g/mol. The molecule has 2 rings (SSSR count). The van der Waals surface area contributed by atoms with Crippen LogP contribution >= 0.6 is 11.8 Å². The smallest absolute Gasteiger partial charge is 0.234 e. The molecule has 118 valence electrons. The fraction of sp³-hybridized carbons (Fsp3) is 0.294. The number of aromatic nitrogens is 2. The minimum absolute atomic E-state index is 0.128. The number of aryl methyl sites for hydroxylation is 3. The molecular weight excluding hydrogens is 308 g/mol. The van der Waals surface area contributed by atoms with E-state index in [0.717, 1.165) is 12.1 Å². The Morgan fingerprint density at radius 3 is 2.57 bits per heavy atom. The Morgan fingerprint density at radius 1 is 1.26 bits per heavy atom. The van der Waals surface area contributed by atoms with Crippen molar-refractivity contribution in [3.8, 4) is 6.07 Å². The first-order chi connectivity index (χ1) is 11.0.